The number of aryl methyl sites for hydroxylation is 1. The Hall–Kier alpha value is -0.980. The van der Waals surface area contributed by atoms with Crippen LogP contribution in [0.4, 0.5) is 0 Å². The van der Waals surface area contributed by atoms with Gasteiger partial charge in [0.25, 0.3) is 0 Å². The van der Waals surface area contributed by atoms with Crippen LogP contribution in [0.25, 0.3) is 0 Å². The number of nitrogens with zero attached hydrogens (tertiary/aromatic N) is 5. The highest BCUT2D eigenvalue weighted by Crippen LogP contribution is 2.13. The van der Waals surface area contributed by atoms with Crippen LogP contribution in [-0.4, -0.2) is 75.8 Å². The molecule has 2 unspecified atom stereocenters. The molecule has 1 aliphatic rings. The lowest BCUT2D eigenvalue weighted by atomic mass is 10.0. The molecular weight excluding hydrogens is 230 g/mol. The van der Waals surface area contributed by atoms with Crippen molar-refractivity contribution in [3.05, 3.63) is 11.9 Å². The van der Waals surface area contributed by atoms with Gasteiger partial charge in [-0.1, -0.05) is 5.21 Å². The second kappa shape index (κ2) is 5.77. The van der Waals surface area contributed by atoms with Crippen LogP contribution in [-0.2, 0) is 13.5 Å². The monoisotopic (exact) mass is 253 g/mol. The maximum atomic E-state index is 10.4. The molecule has 6 nitrogen and oxygen atoms in total. The smallest absolute Gasteiger partial charge is 0.0853 e. The molecule has 1 saturated heterocycles. The molecule has 102 valence electrons. The molecular formula is C12H23N5O. The van der Waals surface area contributed by atoms with Crippen LogP contribution in [0.3, 0.4) is 0 Å². The highest BCUT2D eigenvalue weighted by Gasteiger charge is 2.27. The lowest BCUT2D eigenvalue weighted by Crippen LogP contribution is -2.47. The zero-order valence-corrected chi connectivity index (χ0v) is 11.5. The quantitative estimate of drug-likeness (QED) is 0.776. The Bertz CT molecular complexity index is 380. The van der Waals surface area contributed by atoms with E-state index in [9.17, 15) is 5.11 Å². The third kappa shape index (κ3) is 3.28. The van der Waals surface area contributed by atoms with Gasteiger partial charge in [-0.25, -0.2) is 0 Å². The standard InChI is InChI=1S/C12H23N5O/c1-15-5-4-6-16(2)11(9-15)12(18)7-10-8-17(3)14-13-10/h8,11-12,18H,4-7,9H2,1-3H3. The van der Waals surface area contributed by atoms with Crippen molar-refractivity contribution < 1.29 is 5.11 Å². The van der Waals surface area contributed by atoms with Crippen molar-refractivity contribution in [3.8, 4) is 0 Å². The van der Waals surface area contributed by atoms with E-state index in [1.54, 1.807) is 4.68 Å². The van der Waals surface area contributed by atoms with E-state index in [2.05, 4.69) is 34.2 Å². The summed E-state index contributed by atoms with van der Waals surface area (Å²) in [6, 6.07) is 0.166. The molecule has 0 aliphatic carbocycles. The number of hydrogen-bond donors (Lipinski definition) is 1. The zero-order valence-electron chi connectivity index (χ0n) is 11.5. The Labute approximate surface area is 108 Å². The first kappa shape index (κ1) is 13.5. The van der Waals surface area contributed by atoms with Crippen LogP contribution in [0.2, 0.25) is 0 Å². The molecule has 1 fully saturated rings. The van der Waals surface area contributed by atoms with E-state index in [4.69, 9.17) is 0 Å². The molecule has 0 bridgehead atoms. The molecule has 2 heterocycles. The van der Waals surface area contributed by atoms with Crippen LogP contribution < -0.4 is 0 Å². The first-order chi connectivity index (χ1) is 8.56. The average molecular weight is 253 g/mol. The first-order valence-corrected chi connectivity index (χ1v) is 6.48. The van der Waals surface area contributed by atoms with Crippen LogP contribution in [0, 0.1) is 0 Å². The fourth-order valence-corrected chi connectivity index (χ4v) is 2.56. The van der Waals surface area contributed by atoms with Gasteiger partial charge in [-0.05, 0) is 33.6 Å². The van der Waals surface area contributed by atoms with Crippen molar-refractivity contribution in [2.75, 3.05) is 33.7 Å². The Morgan fingerprint density at radius 1 is 1.39 bits per heavy atom. The van der Waals surface area contributed by atoms with Crippen LogP contribution in [0.15, 0.2) is 6.20 Å². The molecule has 0 amide bonds. The van der Waals surface area contributed by atoms with Gasteiger partial charge in [-0.15, -0.1) is 5.10 Å². The highest BCUT2D eigenvalue weighted by atomic mass is 16.3. The van der Waals surface area contributed by atoms with Gasteiger partial charge in [0, 0.05) is 32.3 Å². The molecule has 0 radical (unpaired) electrons. The third-order valence-electron chi connectivity index (χ3n) is 3.63. The van der Waals surface area contributed by atoms with Crippen molar-refractivity contribution in [1.82, 2.24) is 24.8 Å². The summed E-state index contributed by atoms with van der Waals surface area (Å²) in [4.78, 5) is 4.54. The number of rotatable bonds is 3. The zero-order chi connectivity index (χ0) is 13.1. The Kier molecular flexibility index (Phi) is 4.31. The Morgan fingerprint density at radius 2 is 2.17 bits per heavy atom. The second-order valence-electron chi connectivity index (χ2n) is 5.32. The molecule has 1 aliphatic heterocycles. The summed E-state index contributed by atoms with van der Waals surface area (Å²) < 4.78 is 1.67. The van der Waals surface area contributed by atoms with Gasteiger partial charge in [-0.2, -0.15) is 0 Å². The minimum absolute atomic E-state index is 0.166. The number of hydrogen-bond acceptors (Lipinski definition) is 5. The fraction of sp³-hybridized carbons (Fsp3) is 0.833. The SMILES string of the molecule is CN1CCCN(C)C(C(O)Cc2cn(C)nn2)C1. The number of aromatic nitrogens is 3. The average Bonchev–Trinajstić information content (AvgIpc) is 2.62. The largest absolute Gasteiger partial charge is 0.391 e. The Morgan fingerprint density at radius 3 is 2.83 bits per heavy atom. The predicted molar refractivity (Wildman–Crippen MR) is 69.2 cm³/mol. The Balaban J connectivity index is 1.99. The number of likely N-dealkylation sites (N-methyl/N-ethyl adjacent to an activating group) is 2. The topological polar surface area (TPSA) is 57.4 Å². The van der Waals surface area contributed by atoms with Gasteiger partial charge in [0.15, 0.2) is 0 Å². The summed E-state index contributed by atoms with van der Waals surface area (Å²) in [6.07, 6.45) is 3.19. The van der Waals surface area contributed by atoms with E-state index < -0.39 is 6.10 Å². The maximum absolute atomic E-state index is 10.4. The summed E-state index contributed by atoms with van der Waals surface area (Å²) in [5.41, 5.74) is 0.852. The summed E-state index contributed by atoms with van der Waals surface area (Å²) in [7, 11) is 6.04. The number of aliphatic hydroxyl groups excluding tert-OH is 1. The fourth-order valence-electron chi connectivity index (χ4n) is 2.56. The highest BCUT2D eigenvalue weighted by molar-refractivity contribution is 4.97. The van der Waals surface area contributed by atoms with Crippen LogP contribution >= 0.6 is 0 Å². The van der Waals surface area contributed by atoms with E-state index >= 15 is 0 Å². The maximum Gasteiger partial charge on any atom is 0.0853 e. The van der Waals surface area contributed by atoms with Gasteiger partial charge in [0.1, 0.15) is 0 Å². The normalized spacial score (nSPS) is 25.0. The van der Waals surface area contributed by atoms with E-state index in [0.29, 0.717) is 6.42 Å². The summed E-state index contributed by atoms with van der Waals surface area (Å²) in [6.45, 7) is 3.03. The lowest BCUT2D eigenvalue weighted by molar-refractivity contribution is 0.0574. The minimum Gasteiger partial charge on any atom is -0.391 e. The van der Waals surface area contributed by atoms with Crippen LogP contribution in [0.5, 0.6) is 0 Å². The van der Waals surface area contributed by atoms with Gasteiger partial charge >= 0.3 is 0 Å². The van der Waals surface area contributed by atoms with Gasteiger partial charge in [0.2, 0.25) is 0 Å². The molecule has 1 aromatic heterocycles. The van der Waals surface area contributed by atoms with Crippen molar-refractivity contribution >= 4 is 0 Å². The summed E-state index contributed by atoms with van der Waals surface area (Å²) in [5, 5.41) is 18.3. The van der Waals surface area contributed by atoms with E-state index in [0.717, 1.165) is 31.7 Å². The molecule has 1 N–H and O–H groups in total. The number of aliphatic hydroxyl groups is 1. The van der Waals surface area contributed by atoms with Gasteiger partial charge in [0.05, 0.1) is 11.8 Å². The predicted octanol–water partition coefficient (Wildman–Crippen LogP) is -0.646. The van der Waals surface area contributed by atoms with Crippen molar-refractivity contribution in [3.63, 3.8) is 0 Å². The molecule has 6 heteroatoms. The van der Waals surface area contributed by atoms with Gasteiger partial charge < -0.3 is 10.0 Å². The molecule has 2 rings (SSSR count). The van der Waals surface area contributed by atoms with Gasteiger partial charge in [-0.3, -0.25) is 9.58 Å². The molecule has 2 atom stereocenters. The van der Waals surface area contributed by atoms with Crippen molar-refractivity contribution in [1.29, 1.82) is 0 Å². The van der Waals surface area contributed by atoms with E-state index in [1.807, 2.05) is 13.2 Å². The molecule has 18 heavy (non-hydrogen) atoms. The minimum atomic E-state index is -0.396. The van der Waals surface area contributed by atoms with E-state index in [1.165, 1.54) is 0 Å². The third-order valence-corrected chi connectivity index (χ3v) is 3.63. The second-order valence-corrected chi connectivity index (χ2v) is 5.32. The lowest BCUT2D eigenvalue weighted by Gasteiger charge is -2.31. The van der Waals surface area contributed by atoms with Crippen molar-refractivity contribution in [2.45, 2.75) is 25.0 Å². The summed E-state index contributed by atoms with van der Waals surface area (Å²) >= 11 is 0. The molecule has 0 aromatic carbocycles. The molecule has 0 saturated carbocycles. The first-order valence-electron chi connectivity index (χ1n) is 6.48. The molecule has 0 spiro atoms. The van der Waals surface area contributed by atoms with Crippen molar-refractivity contribution in [2.24, 2.45) is 7.05 Å². The van der Waals surface area contributed by atoms with E-state index in [-0.39, 0.29) is 6.04 Å². The molecule has 1 aromatic rings. The van der Waals surface area contributed by atoms with Crippen LogP contribution in [0.1, 0.15) is 12.1 Å². The summed E-state index contributed by atoms with van der Waals surface area (Å²) in [5.74, 6) is 0.